The standard InChI is InChI=1S/C24H23NO/c1-16-18-10-4-7-13-21(18)25-20-12-6-3-9-17(20)15-22(25)24(16)19-11-5-8-14-23(19)26-2/h3-14,16,22,24H,15H2,1-2H3/t16-,22+,24+/m1/s1. The number of hydrogen-bond acceptors (Lipinski definition) is 2. The van der Waals surface area contributed by atoms with Crippen molar-refractivity contribution in [3.05, 3.63) is 89.5 Å². The maximum Gasteiger partial charge on any atom is 0.122 e. The number of fused-ring (bicyclic) bond motifs is 5. The first kappa shape index (κ1) is 15.5. The van der Waals surface area contributed by atoms with Gasteiger partial charge in [0.25, 0.3) is 0 Å². The molecule has 2 heteroatoms. The number of anilines is 2. The van der Waals surface area contributed by atoms with Crippen LogP contribution in [0.2, 0.25) is 0 Å². The molecular formula is C24H23NO. The lowest BCUT2D eigenvalue weighted by Gasteiger charge is -2.44. The Labute approximate surface area is 155 Å². The number of rotatable bonds is 2. The van der Waals surface area contributed by atoms with Crippen LogP contribution >= 0.6 is 0 Å². The van der Waals surface area contributed by atoms with Crippen molar-refractivity contribution in [2.24, 2.45) is 0 Å². The Bertz CT molecular complexity index is 964. The second-order valence-electron chi connectivity index (χ2n) is 7.39. The highest BCUT2D eigenvalue weighted by molar-refractivity contribution is 5.76. The lowest BCUT2D eigenvalue weighted by molar-refractivity contribution is 0.386. The molecule has 3 aromatic carbocycles. The van der Waals surface area contributed by atoms with Gasteiger partial charge in [-0.25, -0.2) is 0 Å². The van der Waals surface area contributed by atoms with Gasteiger partial charge in [0.05, 0.1) is 7.11 Å². The summed E-state index contributed by atoms with van der Waals surface area (Å²) in [7, 11) is 1.78. The summed E-state index contributed by atoms with van der Waals surface area (Å²) in [5.74, 6) is 1.84. The van der Waals surface area contributed by atoms with E-state index in [1.54, 1.807) is 7.11 Å². The van der Waals surface area contributed by atoms with Crippen LogP contribution in [0, 0.1) is 0 Å². The normalized spacial score (nSPS) is 23.2. The van der Waals surface area contributed by atoms with E-state index in [9.17, 15) is 0 Å². The van der Waals surface area contributed by atoms with Gasteiger partial charge in [-0.05, 0) is 47.2 Å². The van der Waals surface area contributed by atoms with Gasteiger partial charge >= 0.3 is 0 Å². The maximum atomic E-state index is 5.74. The Morgan fingerprint density at radius 2 is 1.46 bits per heavy atom. The lowest BCUT2D eigenvalue weighted by atomic mass is 9.73. The largest absolute Gasteiger partial charge is 0.496 e. The van der Waals surface area contributed by atoms with E-state index in [1.807, 2.05) is 0 Å². The van der Waals surface area contributed by atoms with Crippen LogP contribution in [-0.2, 0) is 6.42 Å². The van der Waals surface area contributed by atoms with Crippen LogP contribution in [0.15, 0.2) is 72.8 Å². The number of methoxy groups -OCH3 is 1. The van der Waals surface area contributed by atoms with Crippen molar-refractivity contribution in [3.8, 4) is 5.75 Å². The van der Waals surface area contributed by atoms with Gasteiger partial charge in [-0.1, -0.05) is 61.5 Å². The topological polar surface area (TPSA) is 12.5 Å². The maximum absolute atomic E-state index is 5.74. The number of nitrogens with zero attached hydrogens (tertiary/aromatic N) is 1. The van der Waals surface area contributed by atoms with Crippen molar-refractivity contribution in [3.63, 3.8) is 0 Å². The fraction of sp³-hybridized carbons (Fsp3) is 0.250. The second kappa shape index (κ2) is 5.91. The monoisotopic (exact) mass is 341 g/mol. The molecule has 2 aliphatic rings. The molecule has 0 fully saturated rings. The Balaban J connectivity index is 1.74. The van der Waals surface area contributed by atoms with Crippen LogP contribution in [0.25, 0.3) is 0 Å². The Morgan fingerprint density at radius 3 is 2.27 bits per heavy atom. The summed E-state index contributed by atoms with van der Waals surface area (Å²) < 4.78 is 5.74. The van der Waals surface area contributed by atoms with Crippen molar-refractivity contribution >= 4 is 11.4 Å². The first-order chi connectivity index (χ1) is 12.8. The van der Waals surface area contributed by atoms with Gasteiger partial charge in [0.15, 0.2) is 0 Å². The predicted molar refractivity (Wildman–Crippen MR) is 107 cm³/mol. The summed E-state index contributed by atoms with van der Waals surface area (Å²) >= 11 is 0. The molecule has 0 radical (unpaired) electrons. The third-order valence-electron chi connectivity index (χ3n) is 6.15. The second-order valence-corrected chi connectivity index (χ2v) is 7.39. The zero-order valence-electron chi connectivity index (χ0n) is 15.2. The molecule has 5 rings (SSSR count). The molecule has 0 bridgehead atoms. The van der Waals surface area contributed by atoms with Gasteiger partial charge in [0.1, 0.15) is 5.75 Å². The SMILES string of the molecule is COc1ccccc1[C@@H]1[C@H](C)c2ccccc2N2c3ccccc3C[C@@H]12. The molecular weight excluding hydrogens is 318 g/mol. The van der Waals surface area contributed by atoms with Crippen molar-refractivity contribution in [1.29, 1.82) is 0 Å². The molecule has 2 heterocycles. The summed E-state index contributed by atoms with van der Waals surface area (Å²) in [4.78, 5) is 2.57. The minimum atomic E-state index is 0.397. The zero-order valence-corrected chi connectivity index (χ0v) is 15.2. The molecule has 0 spiro atoms. The molecule has 0 saturated carbocycles. The predicted octanol–water partition coefficient (Wildman–Crippen LogP) is 5.66. The quantitative estimate of drug-likeness (QED) is 0.596. The molecule has 0 aliphatic carbocycles. The van der Waals surface area contributed by atoms with Gasteiger partial charge in [-0.2, -0.15) is 0 Å². The van der Waals surface area contributed by atoms with Crippen molar-refractivity contribution in [2.75, 3.05) is 12.0 Å². The van der Waals surface area contributed by atoms with E-state index in [2.05, 4.69) is 84.6 Å². The van der Waals surface area contributed by atoms with Crippen LogP contribution in [0.3, 0.4) is 0 Å². The molecule has 0 amide bonds. The highest BCUT2D eigenvalue weighted by atomic mass is 16.5. The Morgan fingerprint density at radius 1 is 0.808 bits per heavy atom. The van der Waals surface area contributed by atoms with E-state index in [1.165, 1.54) is 28.1 Å². The highest BCUT2D eigenvalue weighted by Gasteiger charge is 2.45. The van der Waals surface area contributed by atoms with Crippen LogP contribution in [0.4, 0.5) is 11.4 Å². The molecule has 0 saturated heterocycles. The van der Waals surface area contributed by atoms with Crippen LogP contribution in [0.5, 0.6) is 5.75 Å². The van der Waals surface area contributed by atoms with Gasteiger partial charge in [-0.15, -0.1) is 0 Å². The van der Waals surface area contributed by atoms with Gasteiger partial charge in [0.2, 0.25) is 0 Å². The average molecular weight is 341 g/mol. The Hall–Kier alpha value is -2.74. The fourth-order valence-corrected chi connectivity index (χ4v) is 5.05. The summed E-state index contributed by atoms with van der Waals surface area (Å²) in [5, 5.41) is 0. The van der Waals surface area contributed by atoms with Gasteiger partial charge in [0, 0.05) is 23.3 Å². The molecule has 0 N–H and O–H groups in total. The summed E-state index contributed by atoms with van der Waals surface area (Å²) in [6.07, 6.45) is 1.08. The first-order valence-electron chi connectivity index (χ1n) is 9.38. The molecule has 26 heavy (non-hydrogen) atoms. The third kappa shape index (κ3) is 2.11. The Kier molecular flexibility index (Phi) is 3.53. The van der Waals surface area contributed by atoms with Crippen molar-refractivity contribution in [1.82, 2.24) is 0 Å². The third-order valence-corrected chi connectivity index (χ3v) is 6.15. The van der Waals surface area contributed by atoms with Gasteiger partial charge in [-0.3, -0.25) is 0 Å². The summed E-state index contributed by atoms with van der Waals surface area (Å²) in [6, 6.07) is 26.7. The van der Waals surface area contributed by atoms with E-state index in [0.717, 1.165) is 12.2 Å². The van der Waals surface area contributed by atoms with E-state index >= 15 is 0 Å². The molecule has 2 nitrogen and oxygen atoms in total. The molecule has 0 aromatic heterocycles. The zero-order chi connectivity index (χ0) is 17.7. The van der Waals surface area contributed by atoms with Gasteiger partial charge < -0.3 is 9.64 Å². The minimum Gasteiger partial charge on any atom is -0.496 e. The molecule has 0 unspecified atom stereocenters. The lowest BCUT2D eigenvalue weighted by Crippen LogP contribution is -2.40. The minimum absolute atomic E-state index is 0.397. The van der Waals surface area contributed by atoms with Crippen LogP contribution < -0.4 is 9.64 Å². The highest BCUT2D eigenvalue weighted by Crippen LogP contribution is 2.55. The number of para-hydroxylation sites is 3. The molecule has 2 aliphatic heterocycles. The number of benzene rings is 3. The van der Waals surface area contributed by atoms with Crippen molar-refractivity contribution in [2.45, 2.75) is 31.2 Å². The molecule has 3 atom stereocenters. The molecule has 3 aromatic rings. The fourth-order valence-electron chi connectivity index (χ4n) is 5.05. The van der Waals surface area contributed by atoms with Crippen LogP contribution in [-0.4, -0.2) is 13.2 Å². The number of hydrogen-bond donors (Lipinski definition) is 0. The average Bonchev–Trinajstić information content (AvgIpc) is 3.08. The van der Waals surface area contributed by atoms with Crippen molar-refractivity contribution < 1.29 is 4.74 Å². The molecule has 130 valence electrons. The smallest absolute Gasteiger partial charge is 0.122 e. The van der Waals surface area contributed by atoms with E-state index in [0.29, 0.717) is 17.9 Å². The summed E-state index contributed by atoms with van der Waals surface area (Å²) in [5.41, 5.74) is 6.91. The van der Waals surface area contributed by atoms with E-state index in [-0.39, 0.29) is 0 Å². The summed E-state index contributed by atoms with van der Waals surface area (Å²) in [6.45, 7) is 2.37. The first-order valence-corrected chi connectivity index (χ1v) is 9.38. The number of ether oxygens (including phenoxy) is 1. The van der Waals surface area contributed by atoms with Crippen LogP contribution in [0.1, 0.15) is 35.4 Å². The van der Waals surface area contributed by atoms with E-state index in [4.69, 9.17) is 4.74 Å². The van der Waals surface area contributed by atoms with E-state index < -0.39 is 0 Å².